The van der Waals surface area contributed by atoms with Crippen LogP contribution in [0.2, 0.25) is 5.02 Å². The molecule has 4 aromatic rings. The van der Waals surface area contributed by atoms with Crippen LogP contribution in [0.15, 0.2) is 65.6 Å². The second-order valence-corrected chi connectivity index (χ2v) is 12.0. The average Bonchev–Trinajstić information content (AvgIpc) is 3.35. The Hall–Kier alpha value is -3.71. The van der Waals surface area contributed by atoms with Crippen molar-refractivity contribution in [2.75, 3.05) is 37.3 Å². The zero-order valence-electron chi connectivity index (χ0n) is 21.9. The molecular formula is C28H27ClN4O7S. The molecule has 0 spiro atoms. The van der Waals surface area contributed by atoms with Crippen LogP contribution >= 0.6 is 11.6 Å². The largest absolute Gasteiger partial charge is 0.491 e. The Kier molecular flexibility index (Phi) is 7.56. The molecule has 11 nitrogen and oxygen atoms in total. The summed E-state index contributed by atoms with van der Waals surface area (Å²) >= 11 is 6.47. The molecule has 1 aromatic heterocycles. The Morgan fingerprint density at radius 3 is 2.66 bits per heavy atom. The van der Waals surface area contributed by atoms with Gasteiger partial charge in [0.2, 0.25) is 0 Å². The number of benzene rings is 3. The maximum absolute atomic E-state index is 14.0. The predicted molar refractivity (Wildman–Crippen MR) is 153 cm³/mol. The number of hydrogen-bond acceptors (Lipinski definition) is 8. The minimum atomic E-state index is -4.36. The minimum Gasteiger partial charge on any atom is -0.491 e. The lowest BCUT2D eigenvalue weighted by Gasteiger charge is -2.25. The van der Waals surface area contributed by atoms with Gasteiger partial charge in [0.1, 0.15) is 18.1 Å². The number of rotatable bonds is 4. The van der Waals surface area contributed by atoms with E-state index in [1.165, 1.54) is 24.3 Å². The first-order valence-corrected chi connectivity index (χ1v) is 15.1. The molecule has 0 saturated carbocycles. The number of ether oxygens (including phenoxy) is 3. The smallest absolute Gasteiger partial charge is 0.289 e. The summed E-state index contributed by atoms with van der Waals surface area (Å²) in [5.74, 6) is 0.557. The lowest BCUT2D eigenvalue weighted by molar-refractivity contribution is -0.387. The Morgan fingerprint density at radius 1 is 1.00 bits per heavy atom. The molecule has 1 unspecified atom stereocenters. The number of anilines is 1. The molecule has 4 bridgehead atoms. The van der Waals surface area contributed by atoms with E-state index >= 15 is 0 Å². The van der Waals surface area contributed by atoms with Gasteiger partial charge in [-0.05, 0) is 61.7 Å². The summed E-state index contributed by atoms with van der Waals surface area (Å²) in [6.45, 7) is 0.980. The summed E-state index contributed by atoms with van der Waals surface area (Å²) in [6, 6.07) is 15.9. The molecule has 0 amide bonds. The van der Waals surface area contributed by atoms with Crippen molar-refractivity contribution in [1.82, 2.24) is 9.78 Å². The highest BCUT2D eigenvalue weighted by atomic mass is 35.5. The van der Waals surface area contributed by atoms with E-state index in [4.69, 9.17) is 30.9 Å². The Balaban J connectivity index is 1.56. The quantitative estimate of drug-likeness (QED) is 0.220. The van der Waals surface area contributed by atoms with Crippen molar-refractivity contribution in [1.29, 1.82) is 0 Å². The van der Waals surface area contributed by atoms with Crippen LogP contribution in [-0.2, 0) is 19.5 Å². The van der Waals surface area contributed by atoms with Gasteiger partial charge in [0.15, 0.2) is 11.1 Å². The molecule has 0 N–H and O–H groups in total. The monoisotopic (exact) mass is 598 g/mol. The zero-order chi connectivity index (χ0) is 28.6. The van der Waals surface area contributed by atoms with Crippen molar-refractivity contribution >= 4 is 43.9 Å². The number of hydrogen-bond donors (Lipinski definition) is 0. The van der Waals surface area contributed by atoms with Gasteiger partial charge in [-0.3, -0.25) is 14.4 Å². The summed E-state index contributed by atoms with van der Waals surface area (Å²) in [7, 11) is -4.36. The molecule has 0 aliphatic carbocycles. The molecule has 2 aliphatic heterocycles. The standard InChI is InChI=1S/C28H27ClN4O7S/c29-20-15-19-16-22(17-20)39-14-13-38-12-10-31(41(36,37)26-6-2-1-5-25(26)33(34)35)21-8-9-24-23(18-21)28(19)30-32(24)27-7-3-4-11-40-27/h1-2,5-6,8-9,15-18,27H,3-4,7,10-14H2. The SMILES string of the molecule is O=[N+]([O-])c1ccccc1S(=O)(=O)N1CCOCCOc2cc(Cl)cc(c2)-c2nn(C3CCCCO3)c3ccc1cc23. The Morgan fingerprint density at radius 2 is 1.85 bits per heavy atom. The van der Waals surface area contributed by atoms with Crippen LogP contribution < -0.4 is 9.04 Å². The van der Waals surface area contributed by atoms with Gasteiger partial charge in [-0.2, -0.15) is 5.10 Å². The molecule has 3 heterocycles. The number of nitrogens with zero attached hydrogens (tertiary/aromatic N) is 4. The van der Waals surface area contributed by atoms with Gasteiger partial charge in [-0.25, -0.2) is 13.1 Å². The van der Waals surface area contributed by atoms with E-state index in [2.05, 4.69) is 0 Å². The number of fused-ring (bicyclic) bond motifs is 4. The van der Waals surface area contributed by atoms with Crippen molar-refractivity contribution in [3.63, 3.8) is 0 Å². The third kappa shape index (κ3) is 5.35. The first-order chi connectivity index (χ1) is 19.8. The van der Waals surface area contributed by atoms with Gasteiger partial charge < -0.3 is 14.2 Å². The highest BCUT2D eigenvalue weighted by Gasteiger charge is 2.32. The number of halogens is 1. The maximum atomic E-state index is 14.0. The molecule has 0 radical (unpaired) electrons. The van der Waals surface area contributed by atoms with Crippen LogP contribution in [0.1, 0.15) is 25.5 Å². The first-order valence-electron chi connectivity index (χ1n) is 13.2. The Labute approximate surface area is 241 Å². The number of aromatic nitrogens is 2. The fraction of sp³-hybridized carbons (Fsp3) is 0.321. The van der Waals surface area contributed by atoms with Crippen LogP contribution in [0.5, 0.6) is 5.75 Å². The van der Waals surface area contributed by atoms with Gasteiger partial charge in [0.05, 0.1) is 35.9 Å². The normalized spacial score (nSPS) is 18.2. The van der Waals surface area contributed by atoms with E-state index in [0.717, 1.165) is 29.1 Å². The van der Waals surface area contributed by atoms with E-state index in [0.29, 0.717) is 39.7 Å². The lowest BCUT2D eigenvalue weighted by Crippen LogP contribution is -2.34. The molecule has 2 aliphatic rings. The van der Waals surface area contributed by atoms with Crippen molar-refractivity contribution in [2.45, 2.75) is 30.4 Å². The van der Waals surface area contributed by atoms with Crippen LogP contribution in [0.3, 0.4) is 0 Å². The fourth-order valence-corrected chi connectivity index (χ4v) is 7.04. The van der Waals surface area contributed by atoms with Gasteiger partial charge in [0, 0.05) is 28.6 Å². The first kappa shape index (κ1) is 27.5. The van der Waals surface area contributed by atoms with Crippen molar-refractivity contribution < 1.29 is 27.6 Å². The molecule has 6 rings (SSSR count). The van der Waals surface area contributed by atoms with Crippen LogP contribution in [-0.4, -0.2) is 56.1 Å². The van der Waals surface area contributed by atoms with Crippen molar-refractivity contribution in [2.24, 2.45) is 0 Å². The highest BCUT2D eigenvalue weighted by Crippen LogP contribution is 2.39. The van der Waals surface area contributed by atoms with E-state index in [1.54, 1.807) is 30.3 Å². The second kappa shape index (κ2) is 11.3. The molecule has 1 atom stereocenters. The maximum Gasteiger partial charge on any atom is 0.289 e. The Bertz CT molecular complexity index is 1720. The molecular weight excluding hydrogens is 572 g/mol. The number of nitro groups is 1. The molecule has 214 valence electrons. The van der Waals surface area contributed by atoms with Crippen molar-refractivity contribution in [3.05, 3.63) is 75.8 Å². The van der Waals surface area contributed by atoms with Crippen LogP contribution in [0.4, 0.5) is 11.4 Å². The van der Waals surface area contributed by atoms with Crippen LogP contribution in [0.25, 0.3) is 22.2 Å². The molecule has 41 heavy (non-hydrogen) atoms. The summed E-state index contributed by atoms with van der Waals surface area (Å²) in [6.07, 6.45) is 2.49. The number of para-hydroxylation sites is 1. The van der Waals surface area contributed by atoms with Crippen molar-refractivity contribution in [3.8, 4) is 17.0 Å². The molecule has 3 aromatic carbocycles. The summed E-state index contributed by atoms with van der Waals surface area (Å²) in [5.41, 5.74) is 1.84. The topological polar surface area (TPSA) is 126 Å². The highest BCUT2D eigenvalue weighted by molar-refractivity contribution is 7.93. The van der Waals surface area contributed by atoms with E-state index < -0.39 is 25.5 Å². The van der Waals surface area contributed by atoms with E-state index in [-0.39, 0.29) is 32.6 Å². The third-order valence-electron chi connectivity index (χ3n) is 7.12. The average molecular weight is 599 g/mol. The summed E-state index contributed by atoms with van der Waals surface area (Å²) in [5, 5.41) is 17.8. The lowest BCUT2D eigenvalue weighted by atomic mass is 10.1. The summed E-state index contributed by atoms with van der Waals surface area (Å²) in [4.78, 5) is 10.6. The third-order valence-corrected chi connectivity index (χ3v) is 9.21. The minimum absolute atomic E-state index is 0.0318. The molecule has 1 fully saturated rings. The summed E-state index contributed by atoms with van der Waals surface area (Å²) < 4.78 is 48.6. The fourth-order valence-electron chi connectivity index (χ4n) is 5.22. The number of nitro benzene ring substituents is 1. The van der Waals surface area contributed by atoms with E-state index in [1.807, 2.05) is 10.7 Å². The number of sulfonamides is 1. The van der Waals surface area contributed by atoms with Gasteiger partial charge in [-0.15, -0.1) is 0 Å². The second-order valence-electron chi connectivity index (χ2n) is 9.75. The zero-order valence-corrected chi connectivity index (χ0v) is 23.5. The molecule has 1 saturated heterocycles. The van der Waals surface area contributed by atoms with Gasteiger partial charge in [0.25, 0.3) is 15.7 Å². The van der Waals surface area contributed by atoms with Gasteiger partial charge >= 0.3 is 0 Å². The van der Waals surface area contributed by atoms with E-state index in [9.17, 15) is 18.5 Å². The van der Waals surface area contributed by atoms with Gasteiger partial charge in [-0.1, -0.05) is 23.7 Å². The molecule has 13 heteroatoms. The predicted octanol–water partition coefficient (Wildman–Crippen LogP) is 5.57. The van der Waals surface area contributed by atoms with Crippen LogP contribution in [0, 0.1) is 10.1 Å².